The van der Waals surface area contributed by atoms with Crippen LogP contribution >= 0.6 is 0 Å². The molecule has 2 N–H and O–H groups in total. The summed E-state index contributed by atoms with van der Waals surface area (Å²) in [7, 11) is 0. The Morgan fingerprint density at radius 2 is 2.07 bits per heavy atom. The van der Waals surface area contributed by atoms with E-state index in [-0.39, 0.29) is 13.2 Å². The molecule has 1 aromatic rings. The largest absolute Gasteiger partial charge is 0.489 e. The lowest BCUT2D eigenvalue weighted by molar-refractivity contribution is 0.251. The molecule has 14 heavy (non-hydrogen) atoms. The first-order valence-electron chi connectivity index (χ1n) is 4.39. The Morgan fingerprint density at radius 3 is 2.64 bits per heavy atom. The van der Waals surface area contributed by atoms with Gasteiger partial charge in [0.25, 0.3) is 0 Å². The zero-order chi connectivity index (χ0) is 10.4. The Hall–Kier alpha value is -1.32. The van der Waals surface area contributed by atoms with Gasteiger partial charge in [-0.25, -0.2) is 0 Å². The van der Waals surface area contributed by atoms with E-state index in [1.807, 2.05) is 0 Å². The summed E-state index contributed by atoms with van der Waals surface area (Å²) in [6.45, 7) is 3.70. The minimum atomic E-state index is -0.136. The molecule has 0 fully saturated rings. The molecule has 0 saturated heterocycles. The van der Waals surface area contributed by atoms with E-state index in [1.165, 1.54) is 0 Å². The maximum absolute atomic E-state index is 9.11. The van der Waals surface area contributed by atoms with Crippen LogP contribution in [0.1, 0.15) is 11.1 Å². The Labute approximate surface area is 83.3 Å². The Kier molecular flexibility index (Phi) is 4.16. The lowest BCUT2D eigenvalue weighted by Gasteiger charge is -2.11. The van der Waals surface area contributed by atoms with Crippen LogP contribution in [-0.4, -0.2) is 16.8 Å². The van der Waals surface area contributed by atoms with Gasteiger partial charge in [-0.05, 0) is 11.6 Å². The minimum Gasteiger partial charge on any atom is -0.489 e. The third-order valence-corrected chi connectivity index (χ3v) is 1.92. The predicted octanol–water partition coefficient (Wildman–Crippen LogP) is 1.24. The Bertz CT molecular complexity index is 307. The molecular weight excluding hydrogens is 180 g/mol. The summed E-state index contributed by atoms with van der Waals surface area (Å²) in [4.78, 5) is 0. The first kappa shape index (κ1) is 10.8. The molecule has 0 spiro atoms. The van der Waals surface area contributed by atoms with Crippen molar-refractivity contribution in [3.8, 4) is 5.75 Å². The van der Waals surface area contributed by atoms with Crippen molar-refractivity contribution in [1.29, 1.82) is 0 Å². The van der Waals surface area contributed by atoms with Gasteiger partial charge in [0.15, 0.2) is 0 Å². The molecule has 3 nitrogen and oxygen atoms in total. The van der Waals surface area contributed by atoms with Crippen molar-refractivity contribution in [3.63, 3.8) is 0 Å². The first-order chi connectivity index (χ1) is 6.83. The molecular formula is C11H14O3. The number of ether oxygens (including phenoxy) is 1. The van der Waals surface area contributed by atoms with E-state index >= 15 is 0 Å². The van der Waals surface area contributed by atoms with Gasteiger partial charge in [-0.3, -0.25) is 0 Å². The molecule has 0 bridgehead atoms. The van der Waals surface area contributed by atoms with Crippen molar-refractivity contribution in [3.05, 3.63) is 42.0 Å². The molecule has 0 atom stereocenters. The summed E-state index contributed by atoms with van der Waals surface area (Å²) in [6, 6.07) is 5.30. The first-order valence-corrected chi connectivity index (χ1v) is 4.39. The number of hydrogen-bond donors (Lipinski definition) is 2. The van der Waals surface area contributed by atoms with Crippen LogP contribution in [-0.2, 0) is 13.2 Å². The van der Waals surface area contributed by atoms with Gasteiger partial charge in [-0.2, -0.15) is 0 Å². The standard InChI is InChI=1S/C11H14O3/c1-2-6-14-11-5-3-4-9(7-12)10(11)8-13/h2-5,12-13H,1,6-8H2. The number of rotatable bonds is 5. The van der Waals surface area contributed by atoms with Gasteiger partial charge in [0, 0.05) is 5.56 Å². The zero-order valence-corrected chi connectivity index (χ0v) is 7.94. The van der Waals surface area contributed by atoms with Crippen LogP contribution in [0, 0.1) is 0 Å². The third-order valence-electron chi connectivity index (χ3n) is 1.92. The molecule has 0 aliphatic carbocycles. The fraction of sp³-hybridized carbons (Fsp3) is 0.273. The van der Waals surface area contributed by atoms with Crippen LogP contribution in [0.5, 0.6) is 5.75 Å². The highest BCUT2D eigenvalue weighted by Gasteiger charge is 2.06. The maximum atomic E-state index is 9.11. The molecule has 0 aliphatic rings. The molecule has 1 rings (SSSR count). The molecule has 0 aliphatic heterocycles. The summed E-state index contributed by atoms with van der Waals surface area (Å²) in [6.07, 6.45) is 1.63. The minimum absolute atomic E-state index is 0.0960. The van der Waals surface area contributed by atoms with E-state index in [2.05, 4.69) is 6.58 Å². The smallest absolute Gasteiger partial charge is 0.125 e. The van der Waals surface area contributed by atoms with Crippen molar-refractivity contribution >= 4 is 0 Å². The highest BCUT2D eigenvalue weighted by Crippen LogP contribution is 2.22. The fourth-order valence-electron chi connectivity index (χ4n) is 1.22. The quantitative estimate of drug-likeness (QED) is 0.693. The highest BCUT2D eigenvalue weighted by molar-refractivity contribution is 5.39. The summed E-state index contributed by atoms with van der Waals surface area (Å²) in [5, 5.41) is 18.1. The summed E-state index contributed by atoms with van der Waals surface area (Å²) >= 11 is 0. The molecule has 0 radical (unpaired) electrons. The van der Waals surface area contributed by atoms with E-state index in [0.29, 0.717) is 23.5 Å². The Morgan fingerprint density at radius 1 is 1.29 bits per heavy atom. The topological polar surface area (TPSA) is 49.7 Å². The van der Waals surface area contributed by atoms with Crippen molar-refractivity contribution in [2.75, 3.05) is 6.61 Å². The van der Waals surface area contributed by atoms with Gasteiger partial charge in [-0.1, -0.05) is 24.8 Å². The van der Waals surface area contributed by atoms with Gasteiger partial charge in [0.05, 0.1) is 13.2 Å². The monoisotopic (exact) mass is 194 g/mol. The summed E-state index contributed by atoms with van der Waals surface area (Å²) < 4.78 is 5.33. The van der Waals surface area contributed by atoms with E-state index in [0.717, 1.165) is 0 Å². The summed E-state index contributed by atoms with van der Waals surface area (Å²) in [5.41, 5.74) is 1.32. The van der Waals surface area contributed by atoms with Gasteiger partial charge in [0.1, 0.15) is 12.4 Å². The second-order valence-corrected chi connectivity index (χ2v) is 2.81. The van der Waals surface area contributed by atoms with E-state index < -0.39 is 0 Å². The van der Waals surface area contributed by atoms with E-state index in [9.17, 15) is 0 Å². The van der Waals surface area contributed by atoms with Crippen LogP contribution in [0.25, 0.3) is 0 Å². The van der Waals surface area contributed by atoms with E-state index in [1.54, 1.807) is 24.3 Å². The predicted molar refractivity (Wildman–Crippen MR) is 54.0 cm³/mol. The van der Waals surface area contributed by atoms with Crippen molar-refractivity contribution in [2.24, 2.45) is 0 Å². The Balaban J connectivity index is 2.95. The lowest BCUT2D eigenvalue weighted by atomic mass is 10.1. The summed E-state index contributed by atoms with van der Waals surface area (Å²) in [5.74, 6) is 0.596. The van der Waals surface area contributed by atoms with Crippen molar-refractivity contribution in [2.45, 2.75) is 13.2 Å². The number of aliphatic hydroxyl groups is 2. The molecule has 1 aromatic carbocycles. The van der Waals surface area contributed by atoms with Gasteiger partial charge in [-0.15, -0.1) is 0 Å². The molecule has 0 unspecified atom stereocenters. The lowest BCUT2D eigenvalue weighted by Crippen LogP contribution is -2.01. The average Bonchev–Trinajstić information content (AvgIpc) is 2.25. The van der Waals surface area contributed by atoms with Crippen LogP contribution < -0.4 is 4.74 Å². The van der Waals surface area contributed by atoms with Gasteiger partial charge < -0.3 is 14.9 Å². The maximum Gasteiger partial charge on any atom is 0.125 e. The molecule has 0 amide bonds. The van der Waals surface area contributed by atoms with Crippen LogP contribution in [0.4, 0.5) is 0 Å². The third kappa shape index (κ3) is 2.34. The zero-order valence-electron chi connectivity index (χ0n) is 7.94. The molecule has 0 saturated carbocycles. The van der Waals surface area contributed by atoms with Crippen molar-refractivity contribution in [1.82, 2.24) is 0 Å². The fourth-order valence-corrected chi connectivity index (χ4v) is 1.22. The molecule has 76 valence electrons. The van der Waals surface area contributed by atoms with Crippen LogP contribution in [0.3, 0.4) is 0 Å². The van der Waals surface area contributed by atoms with Crippen LogP contribution in [0.15, 0.2) is 30.9 Å². The number of hydrogen-bond acceptors (Lipinski definition) is 3. The number of aliphatic hydroxyl groups excluding tert-OH is 2. The van der Waals surface area contributed by atoms with Gasteiger partial charge in [0.2, 0.25) is 0 Å². The molecule has 0 heterocycles. The highest BCUT2D eigenvalue weighted by atomic mass is 16.5. The molecule has 0 aromatic heterocycles. The average molecular weight is 194 g/mol. The normalized spacial score (nSPS) is 9.86. The van der Waals surface area contributed by atoms with E-state index in [4.69, 9.17) is 14.9 Å². The second kappa shape index (κ2) is 5.42. The SMILES string of the molecule is C=CCOc1cccc(CO)c1CO. The van der Waals surface area contributed by atoms with Gasteiger partial charge >= 0.3 is 0 Å². The molecule has 3 heteroatoms. The number of benzene rings is 1. The van der Waals surface area contributed by atoms with Crippen molar-refractivity contribution < 1.29 is 14.9 Å². The van der Waals surface area contributed by atoms with Crippen LogP contribution in [0.2, 0.25) is 0 Å². The second-order valence-electron chi connectivity index (χ2n) is 2.81.